The number of aromatic amines is 1. The Balaban J connectivity index is 1.74. The van der Waals surface area contributed by atoms with Gasteiger partial charge in [0, 0.05) is 17.1 Å². The number of carbonyl (C=O) groups excluding carboxylic acids is 1. The summed E-state index contributed by atoms with van der Waals surface area (Å²) in [4.78, 5) is 16.4. The highest BCUT2D eigenvalue weighted by atomic mass is 19.4. The molecular formula is C21H19F3N2O2. The molecule has 0 unspecified atom stereocenters. The Kier molecular flexibility index (Phi) is 4.53. The van der Waals surface area contributed by atoms with E-state index in [1.807, 2.05) is 12.1 Å². The minimum atomic E-state index is -4.96. The van der Waals surface area contributed by atoms with Crippen LogP contribution in [0.2, 0.25) is 0 Å². The molecule has 1 aliphatic heterocycles. The molecule has 4 rings (SSSR count). The maximum atomic E-state index is 13.4. The van der Waals surface area contributed by atoms with Gasteiger partial charge in [-0.05, 0) is 36.6 Å². The number of alkyl halides is 3. The van der Waals surface area contributed by atoms with Crippen LogP contribution in [0.3, 0.4) is 0 Å². The number of benzene rings is 2. The van der Waals surface area contributed by atoms with Crippen LogP contribution in [0.4, 0.5) is 13.2 Å². The van der Waals surface area contributed by atoms with Crippen molar-refractivity contribution in [3.8, 4) is 5.75 Å². The molecule has 0 bridgehead atoms. The van der Waals surface area contributed by atoms with Crippen molar-refractivity contribution >= 4 is 16.8 Å². The topological polar surface area (TPSA) is 45.3 Å². The summed E-state index contributed by atoms with van der Waals surface area (Å²) in [5.41, 5.74) is 2.34. The first-order valence-electron chi connectivity index (χ1n) is 9.02. The molecule has 0 saturated carbocycles. The molecule has 1 N–H and O–H groups in total. The zero-order valence-corrected chi connectivity index (χ0v) is 15.2. The van der Waals surface area contributed by atoms with Crippen molar-refractivity contribution in [3.63, 3.8) is 0 Å². The fourth-order valence-electron chi connectivity index (χ4n) is 3.87. The molecule has 2 heterocycles. The maximum absolute atomic E-state index is 13.4. The van der Waals surface area contributed by atoms with Crippen LogP contribution in [0.15, 0.2) is 54.7 Å². The van der Waals surface area contributed by atoms with Crippen LogP contribution < -0.4 is 4.74 Å². The summed E-state index contributed by atoms with van der Waals surface area (Å²) in [6.45, 7) is 1.61. The molecule has 146 valence electrons. The van der Waals surface area contributed by atoms with Crippen molar-refractivity contribution in [1.29, 1.82) is 0 Å². The molecule has 4 nitrogen and oxygen atoms in total. The fourth-order valence-corrected chi connectivity index (χ4v) is 3.87. The number of nitrogens with zero attached hydrogens (tertiary/aromatic N) is 1. The van der Waals surface area contributed by atoms with Gasteiger partial charge < -0.3 is 14.6 Å². The van der Waals surface area contributed by atoms with Gasteiger partial charge in [-0.2, -0.15) is 13.2 Å². The van der Waals surface area contributed by atoms with E-state index in [-0.39, 0.29) is 13.0 Å². The lowest BCUT2D eigenvalue weighted by atomic mass is 10.0. The molecule has 7 heteroatoms. The van der Waals surface area contributed by atoms with Crippen LogP contribution in [0.1, 0.15) is 24.1 Å². The second-order valence-corrected chi connectivity index (χ2v) is 6.96. The highest BCUT2D eigenvalue weighted by Gasteiger charge is 2.47. The van der Waals surface area contributed by atoms with Crippen LogP contribution in [-0.4, -0.2) is 34.6 Å². The number of ether oxygens (including phenoxy) is 1. The average molecular weight is 388 g/mol. The first kappa shape index (κ1) is 18.4. The second-order valence-electron chi connectivity index (χ2n) is 6.96. The Morgan fingerprint density at radius 2 is 1.93 bits per heavy atom. The largest absolute Gasteiger partial charge is 0.491 e. The third-order valence-electron chi connectivity index (χ3n) is 5.21. The summed E-state index contributed by atoms with van der Waals surface area (Å²) in [5, 5.41) is 0.858. The van der Waals surface area contributed by atoms with E-state index in [9.17, 15) is 18.0 Å². The number of hydrogen-bond donors (Lipinski definition) is 1. The quantitative estimate of drug-likeness (QED) is 0.711. The zero-order valence-electron chi connectivity index (χ0n) is 15.2. The summed E-state index contributed by atoms with van der Waals surface area (Å²) < 4.78 is 46.1. The highest BCUT2D eigenvalue weighted by Crippen LogP contribution is 2.36. The molecule has 1 aromatic heterocycles. The third kappa shape index (κ3) is 3.21. The lowest BCUT2D eigenvalue weighted by Crippen LogP contribution is -2.51. The Morgan fingerprint density at radius 3 is 2.64 bits per heavy atom. The van der Waals surface area contributed by atoms with Gasteiger partial charge in [0.2, 0.25) is 0 Å². The maximum Gasteiger partial charge on any atom is 0.471 e. The van der Waals surface area contributed by atoms with Crippen molar-refractivity contribution < 1.29 is 22.7 Å². The van der Waals surface area contributed by atoms with Crippen LogP contribution >= 0.6 is 0 Å². The number of aromatic nitrogens is 1. The smallest absolute Gasteiger partial charge is 0.471 e. The Labute approximate surface area is 159 Å². The molecule has 0 aliphatic carbocycles. The fraction of sp³-hybridized carbons (Fsp3) is 0.286. The van der Waals surface area contributed by atoms with Crippen LogP contribution in [-0.2, 0) is 11.2 Å². The van der Waals surface area contributed by atoms with Crippen LogP contribution in [0.5, 0.6) is 5.75 Å². The van der Waals surface area contributed by atoms with E-state index in [4.69, 9.17) is 4.74 Å². The predicted molar refractivity (Wildman–Crippen MR) is 99.0 cm³/mol. The SMILES string of the molecule is C[C@H](c1ccccc1)N(C(=O)C(F)(F)F)[C@@H]1COc2cccc3[nH]cc(c23)C1. The molecule has 0 saturated heterocycles. The molecule has 0 radical (unpaired) electrons. The highest BCUT2D eigenvalue weighted by molar-refractivity contribution is 5.90. The monoisotopic (exact) mass is 388 g/mol. The van der Waals surface area contributed by atoms with Crippen molar-refractivity contribution in [2.24, 2.45) is 0 Å². The number of carbonyl (C=O) groups is 1. The third-order valence-corrected chi connectivity index (χ3v) is 5.21. The van der Waals surface area contributed by atoms with Crippen molar-refractivity contribution in [2.75, 3.05) is 6.61 Å². The van der Waals surface area contributed by atoms with Gasteiger partial charge in [0.05, 0.1) is 12.1 Å². The Hall–Kier alpha value is -2.96. The molecular weight excluding hydrogens is 369 g/mol. The summed E-state index contributed by atoms with van der Waals surface area (Å²) in [6, 6.07) is 12.7. The second kappa shape index (κ2) is 6.89. The lowest BCUT2D eigenvalue weighted by Gasteiger charge is -2.36. The minimum Gasteiger partial charge on any atom is -0.491 e. The van der Waals surface area contributed by atoms with Crippen LogP contribution in [0, 0.1) is 0 Å². The van der Waals surface area contributed by atoms with E-state index in [0.717, 1.165) is 21.4 Å². The van der Waals surface area contributed by atoms with Gasteiger partial charge in [-0.1, -0.05) is 36.4 Å². The number of rotatable bonds is 3. The number of H-pyrrole nitrogens is 1. The van der Waals surface area contributed by atoms with Gasteiger partial charge in [-0.25, -0.2) is 0 Å². The molecule has 2 aromatic carbocycles. The van der Waals surface area contributed by atoms with Gasteiger partial charge >= 0.3 is 12.1 Å². The normalized spacial score (nSPS) is 17.6. The molecule has 1 amide bonds. The molecule has 0 fully saturated rings. The van der Waals surface area contributed by atoms with E-state index in [1.165, 1.54) is 0 Å². The molecule has 0 spiro atoms. The van der Waals surface area contributed by atoms with Gasteiger partial charge in [-0.15, -0.1) is 0 Å². The van der Waals surface area contributed by atoms with E-state index < -0.39 is 24.2 Å². The van der Waals surface area contributed by atoms with E-state index in [2.05, 4.69) is 4.98 Å². The summed E-state index contributed by atoms with van der Waals surface area (Å²) >= 11 is 0. The van der Waals surface area contributed by atoms with Gasteiger partial charge in [0.25, 0.3) is 0 Å². The lowest BCUT2D eigenvalue weighted by molar-refractivity contribution is -0.191. The molecule has 1 aliphatic rings. The van der Waals surface area contributed by atoms with Gasteiger partial charge in [0.1, 0.15) is 12.4 Å². The number of amides is 1. The minimum absolute atomic E-state index is 0.00716. The molecule has 2 atom stereocenters. The number of nitrogens with one attached hydrogen (secondary N) is 1. The number of halogens is 3. The first-order chi connectivity index (χ1) is 13.4. The molecule has 28 heavy (non-hydrogen) atoms. The Morgan fingerprint density at radius 1 is 1.18 bits per heavy atom. The summed E-state index contributed by atoms with van der Waals surface area (Å²) in [7, 11) is 0. The van der Waals surface area contributed by atoms with E-state index >= 15 is 0 Å². The van der Waals surface area contributed by atoms with Gasteiger partial charge in [0.15, 0.2) is 0 Å². The van der Waals surface area contributed by atoms with Crippen molar-refractivity contribution in [2.45, 2.75) is 31.6 Å². The summed E-state index contributed by atoms with van der Waals surface area (Å²) in [5.74, 6) is -1.24. The van der Waals surface area contributed by atoms with Gasteiger partial charge in [-0.3, -0.25) is 4.79 Å². The summed E-state index contributed by atoms with van der Waals surface area (Å²) in [6.07, 6.45) is -2.91. The van der Waals surface area contributed by atoms with E-state index in [0.29, 0.717) is 11.3 Å². The first-order valence-corrected chi connectivity index (χ1v) is 9.02. The van der Waals surface area contributed by atoms with Crippen LogP contribution in [0.25, 0.3) is 10.9 Å². The van der Waals surface area contributed by atoms with E-state index in [1.54, 1.807) is 49.5 Å². The molecule has 3 aromatic rings. The van der Waals surface area contributed by atoms with Crippen molar-refractivity contribution in [3.05, 3.63) is 65.9 Å². The van der Waals surface area contributed by atoms with Crippen molar-refractivity contribution in [1.82, 2.24) is 9.88 Å². The standard InChI is InChI=1S/C21H19F3N2O2/c1-13(14-6-3-2-4-7-14)26(20(27)21(22,23)24)16-10-15-11-25-17-8-5-9-18(19(15)17)28-12-16/h2-9,11,13,16,25H,10,12H2,1H3/t13-,16+/m1/s1. The average Bonchev–Trinajstić information content (AvgIpc) is 2.99. The predicted octanol–water partition coefficient (Wildman–Crippen LogP) is 4.62. The number of hydrogen-bond acceptors (Lipinski definition) is 2. The Bertz CT molecular complexity index is 998. The zero-order chi connectivity index (χ0) is 19.9.